The average Bonchev–Trinajstić information content (AvgIpc) is 2.82. The highest BCUT2D eigenvalue weighted by Crippen LogP contribution is 2.38. The molecule has 2 rings (SSSR count). The molecule has 0 radical (unpaired) electrons. The van der Waals surface area contributed by atoms with Gasteiger partial charge in [0, 0.05) is 18.2 Å². The molecule has 1 aliphatic heterocycles. The molecule has 18 heavy (non-hydrogen) atoms. The molecule has 0 aromatic heterocycles. The molecule has 0 spiro atoms. The Hall–Kier alpha value is -1.07. The van der Waals surface area contributed by atoms with E-state index in [0.29, 0.717) is 6.79 Å². The van der Waals surface area contributed by atoms with Gasteiger partial charge in [-0.15, -0.1) is 0 Å². The van der Waals surface area contributed by atoms with Gasteiger partial charge in [-0.1, -0.05) is 0 Å². The standard InChI is InChI=1S/C13H19NO3S/c1-14-8-10-6-12-13(17-9-16-12)7-11(10)15-4-3-5-18-2/h6-7,14H,3-5,8-9H2,1-2H3. The monoisotopic (exact) mass is 269 g/mol. The number of hydrogen-bond acceptors (Lipinski definition) is 5. The van der Waals surface area contributed by atoms with Crippen LogP contribution in [0.25, 0.3) is 0 Å². The summed E-state index contributed by atoms with van der Waals surface area (Å²) in [5.74, 6) is 3.58. The summed E-state index contributed by atoms with van der Waals surface area (Å²) in [4.78, 5) is 0. The Morgan fingerprint density at radius 2 is 2.11 bits per heavy atom. The molecule has 1 aromatic rings. The molecule has 0 unspecified atom stereocenters. The quantitative estimate of drug-likeness (QED) is 0.769. The summed E-state index contributed by atoms with van der Waals surface area (Å²) in [6.07, 6.45) is 3.15. The van der Waals surface area contributed by atoms with Crippen molar-refractivity contribution in [1.29, 1.82) is 0 Å². The van der Waals surface area contributed by atoms with Crippen molar-refractivity contribution in [2.45, 2.75) is 13.0 Å². The van der Waals surface area contributed by atoms with Gasteiger partial charge in [-0.2, -0.15) is 11.8 Å². The molecule has 1 aliphatic rings. The average molecular weight is 269 g/mol. The van der Waals surface area contributed by atoms with Crippen LogP contribution in [0.1, 0.15) is 12.0 Å². The molecule has 0 aliphatic carbocycles. The molecule has 4 nitrogen and oxygen atoms in total. The first-order chi connectivity index (χ1) is 8.85. The molecular formula is C13H19NO3S. The smallest absolute Gasteiger partial charge is 0.231 e. The second-order valence-electron chi connectivity index (χ2n) is 4.04. The normalized spacial score (nSPS) is 12.8. The summed E-state index contributed by atoms with van der Waals surface area (Å²) in [5, 5.41) is 3.14. The zero-order valence-electron chi connectivity index (χ0n) is 10.8. The Bertz CT molecular complexity index is 398. The van der Waals surface area contributed by atoms with E-state index in [-0.39, 0.29) is 0 Å². The van der Waals surface area contributed by atoms with Crippen molar-refractivity contribution in [2.75, 3.05) is 32.5 Å². The maximum Gasteiger partial charge on any atom is 0.231 e. The number of hydrogen-bond donors (Lipinski definition) is 1. The molecular weight excluding hydrogens is 250 g/mol. The minimum atomic E-state index is 0.296. The number of benzene rings is 1. The number of rotatable bonds is 7. The summed E-state index contributed by atoms with van der Waals surface area (Å²) in [7, 11) is 1.92. The Morgan fingerprint density at radius 1 is 1.33 bits per heavy atom. The van der Waals surface area contributed by atoms with Crippen molar-refractivity contribution >= 4 is 11.8 Å². The van der Waals surface area contributed by atoms with Crippen molar-refractivity contribution < 1.29 is 14.2 Å². The molecule has 100 valence electrons. The summed E-state index contributed by atoms with van der Waals surface area (Å²) in [6, 6.07) is 3.91. The van der Waals surface area contributed by atoms with Gasteiger partial charge in [0.2, 0.25) is 6.79 Å². The largest absolute Gasteiger partial charge is 0.493 e. The second-order valence-corrected chi connectivity index (χ2v) is 5.02. The van der Waals surface area contributed by atoms with Crippen LogP contribution in [0.3, 0.4) is 0 Å². The van der Waals surface area contributed by atoms with E-state index in [1.807, 2.05) is 30.9 Å². The van der Waals surface area contributed by atoms with Gasteiger partial charge in [0.1, 0.15) is 5.75 Å². The predicted molar refractivity (Wildman–Crippen MR) is 73.8 cm³/mol. The molecule has 1 heterocycles. The van der Waals surface area contributed by atoms with E-state index in [1.54, 1.807) is 0 Å². The summed E-state index contributed by atoms with van der Waals surface area (Å²) < 4.78 is 16.6. The third-order valence-electron chi connectivity index (χ3n) is 2.67. The maximum absolute atomic E-state index is 5.83. The van der Waals surface area contributed by atoms with Gasteiger partial charge in [-0.05, 0) is 31.5 Å². The van der Waals surface area contributed by atoms with Crippen molar-refractivity contribution in [3.8, 4) is 17.2 Å². The van der Waals surface area contributed by atoms with Crippen molar-refractivity contribution in [1.82, 2.24) is 5.32 Å². The lowest BCUT2D eigenvalue weighted by atomic mass is 10.1. The summed E-state index contributed by atoms with van der Waals surface area (Å²) in [5.41, 5.74) is 1.10. The minimum Gasteiger partial charge on any atom is -0.493 e. The topological polar surface area (TPSA) is 39.7 Å². The lowest BCUT2D eigenvalue weighted by molar-refractivity contribution is 0.173. The minimum absolute atomic E-state index is 0.296. The van der Waals surface area contributed by atoms with Crippen LogP contribution in [0, 0.1) is 0 Å². The molecule has 0 atom stereocenters. The van der Waals surface area contributed by atoms with Gasteiger partial charge in [0.25, 0.3) is 0 Å². The molecule has 1 aromatic carbocycles. The fourth-order valence-corrected chi connectivity index (χ4v) is 2.22. The van der Waals surface area contributed by atoms with E-state index in [1.165, 1.54) is 0 Å². The van der Waals surface area contributed by atoms with Gasteiger partial charge in [-0.25, -0.2) is 0 Å². The fraction of sp³-hybridized carbons (Fsp3) is 0.538. The zero-order valence-corrected chi connectivity index (χ0v) is 11.6. The summed E-state index contributed by atoms with van der Waals surface area (Å²) >= 11 is 1.83. The first-order valence-corrected chi connectivity index (χ1v) is 7.43. The highest BCUT2D eigenvalue weighted by molar-refractivity contribution is 7.98. The molecule has 0 saturated heterocycles. The van der Waals surface area contributed by atoms with Gasteiger partial charge in [0.05, 0.1) is 6.61 Å². The first-order valence-electron chi connectivity index (χ1n) is 6.04. The number of ether oxygens (including phenoxy) is 3. The van der Waals surface area contributed by atoms with Crippen LogP contribution in [0.2, 0.25) is 0 Å². The van der Waals surface area contributed by atoms with Gasteiger partial charge in [-0.3, -0.25) is 0 Å². The summed E-state index contributed by atoms with van der Waals surface area (Å²) in [6.45, 7) is 1.79. The third kappa shape index (κ3) is 3.23. The van der Waals surface area contributed by atoms with Crippen LogP contribution in [0.4, 0.5) is 0 Å². The first kappa shape index (κ1) is 13.4. The van der Waals surface area contributed by atoms with Crippen molar-refractivity contribution in [3.63, 3.8) is 0 Å². The van der Waals surface area contributed by atoms with Crippen LogP contribution in [0.5, 0.6) is 17.2 Å². The Balaban J connectivity index is 2.06. The van der Waals surface area contributed by atoms with E-state index in [2.05, 4.69) is 11.6 Å². The molecule has 0 fully saturated rings. The van der Waals surface area contributed by atoms with Gasteiger partial charge < -0.3 is 19.5 Å². The number of thioether (sulfide) groups is 1. The Morgan fingerprint density at radius 3 is 2.83 bits per heavy atom. The molecule has 1 N–H and O–H groups in total. The van der Waals surface area contributed by atoms with Crippen molar-refractivity contribution in [2.24, 2.45) is 0 Å². The number of nitrogens with one attached hydrogen (secondary N) is 1. The maximum atomic E-state index is 5.83. The Kier molecular flexibility index (Phi) is 5.01. The highest BCUT2D eigenvalue weighted by Gasteiger charge is 2.17. The molecule has 0 saturated carbocycles. The van der Waals surface area contributed by atoms with Crippen LogP contribution >= 0.6 is 11.8 Å². The zero-order chi connectivity index (χ0) is 12.8. The van der Waals surface area contributed by atoms with Gasteiger partial charge in [0.15, 0.2) is 11.5 Å². The second kappa shape index (κ2) is 6.75. The van der Waals surface area contributed by atoms with Crippen LogP contribution in [-0.4, -0.2) is 32.5 Å². The lowest BCUT2D eigenvalue weighted by Gasteiger charge is -2.12. The molecule has 5 heteroatoms. The fourth-order valence-electron chi connectivity index (χ4n) is 1.81. The lowest BCUT2D eigenvalue weighted by Crippen LogP contribution is -2.08. The van der Waals surface area contributed by atoms with E-state index in [9.17, 15) is 0 Å². The van der Waals surface area contributed by atoms with Gasteiger partial charge >= 0.3 is 0 Å². The SMILES string of the molecule is CNCc1cc2c(cc1OCCCSC)OCO2. The highest BCUT2D eigenvalue weighted by atomic mass is 32.2. The van der Waals surface area contributed by atoms with E-state index in [4.69, 9.17) is 14.2 Å². The predicted octanol–water partition coefficient (Wildman–Crippen LogP) is 2.27. The van der Waals surface area contributed by atoms with Crippen LogP contribution in [-0.2, 0) is 6.54 Å². The Labute approximate surface area is 112 Å². The van der Waals surface area contributed by atoms with E-state index >= 15 is 0 Å². The molecule has 0 bridgehead atoms. The van der Waals surface area contributed by atoms with Crippen molar-refractivity contribution in [3.05, 3.63) is 17.7 Å². The number of fused-ring (bicyclic) bond motifs is 1. The van der Waals surface area contributed by atoms with E-state index < -0.39 is 0 Å². The van der Waals surface area contributed by atoms with Crippen LogP contribution in [0.15, 0.2) is 12.1 Å². The molecule has 0 amide bonds. The third-order valence-corrected chi connectivity index (χ3v) is 3.37. The van der Waals surface area contributed by atoms with E-state index in [0.717, 1.165) is 48.1 Å². The van der Waals surface area contributed by atoms with Crippen LogP contribution < -0.4 is 19.5 Å².